The number of rotatable bonds is 3. The Balaban J connectivity index is 1.94. The van der Waals surface area contributed by atoms with Crippen LogP contribution in [0.2, 0.25) is 0 Å². The first-order chi connectivity index (χ1) is 12.0. The normalized spacial score (nSPS) is 24.2. The SMILES string of the molecule is CC1CC(C)CN(C(=O)c2cc([N+](=O)[O-])ccc2N2CCOCC2)C1. The van der Waals surface area contributed by atoms with Crippen LogP contribution in [-0.4, -0.2) is 55.1 Å². The molecule has 2 fully saturated rings. The van der Waals surface area contributed by atoms with Crippen molar-refractivity contribution in [3.8, 4) is 0 Å². The first kappa shape index (κ1) is 17.7. The van der Waals surface area contributed by atoms with Gasteiger partial charge in [-0.3, -0.25) is 14.9 Å². The zero-order chi connectivity index (χ0) is 18.0. The Bertz CT molecular complexity index is 648. The highest BCUT2D eigenvalue weighted by Gasteiger charge is 2.30. The summed E-state index contributed by atoms with van der Waals surface area (Å²) >= 11 is 0. The number of benzene rings is 1. The fraction of sp³-hybridized carbons (Fsp3) is 0.611. The van der Waals surface area contributed by atoms with Gasteiger partial charge in [0.1, 0.15) is 0 Å². The molecule has 0 bridgehead atoms. The van der Waals surface area contributed by atoms with Crippen molar-refractivity contribution in [1.82, 2.24) is 4.90 Å². The van der Waals surface area contributed by atoms with Crippen LogP contribution in [0, 0.1) is 22.0 Å². The number of carbonyl (C=O) groups is 1. The molecule has 0 saturated carbocycles. The smallest absolute Gasteiger partial charge is 0.270 e. The molecule has 1 amide bonds. The minimum Gasteiger partial charge on any atom is -0.378 e. The van der Waals surface area contributed by atoms with Gasteiger partial charge in [-0.15, -0.1) is 0 Å². The Labute approximate surface area is 147 Å². The number of anilines is 1. The van der Waals surface area contributed by atoms with E-state index in [9.17, 15) is 14.9 Å². The molecule has 0 aromatic heterocycles. The lowest BCUT2D eigenvalue weighted by molar-refractivity contribution is -0.384. The third kappa shape index (κ3) is 3.92. The van der Waals surface area contributed by atoms with Crippen molar-refractivity contribution in [2.45, 2.75) is 20.3 Å². The highest BCUT2D eigenvalue weighted by Crippen LogP contribution is 2.30. The lowest BCUT2D eigenvalue weighted by Crippen LogP contribution is -2.43. The van der Waals surface area contributed by atoms with Crippen LogP contribution in [0.25, 0.3) is 0 Å². The van der Waals surface area contributed by atoms with Crippen molar-refractivity contribution >= 4 is 17.3 Å². The molecule has 7 heteroatoms. The second-order valence-electron chi connectivity index (χ2n) is 7.21. The molecule has 2 heterocycles. The van der Waals surface area contributed by atoms with E-state index in [2.05, 4.69) is 18.7 Å². The summed E-state index contributed by atoms with van der Waals surface area (Å²) in [6.45, 7) is 8.27. The third-order valence-corrected chi connectivity index (χ3v) is 4.93. The van der Waals surface area contributed by atoms with Gasteiger partial charge in [0.25, 0.3) is 11.6 Å². The summed E-state index contributed by atoms with van der Waals surface area (Å²) in [5.41, 5.74) is 1.15. The van der Waals surface area contributed by atoms with Crippen molar-refractivity contribution in [3.63, 3.8) is 0 Å². The van der Waals surface area contributed by atoms with Crippen LogP contribution < -0.4 is 4.90 Å². The number of ether oxygens (including phenoxy) is 1. The van der Waals surface area contributed by atoms with Crippen molar-refractivity contribution in [1.29, 1.82) is 0 Å². The highest BCUT2D eigenvalue weighted by atomic mass is 16.6. The highest BCUT2D eigenvalue weighted by molar-refractivity contribution is 6.00. The van der Waals surface area contributed by atoms with Crippen molar-refractivity contribution in [2.75, 3.05) is 44.3 Å². The second-order valence-corrected chi connectivity index (χ2v) is 7.21. The van der Waals surface area contributed by atoms with Gasteiger partial charge in [0.05, 0.1) is 29.4 Å². The summed E-state index contributed by atoms with van der Waals surface area (Å²) in [7, 11) is 0. The number of nitro groups is 1. The van der Waals surface area contributed by atoms with Crippen LogP contribution in [0.15, 0.2) is 18.2 Å². The first-order valence-electron chi connectivity index (χ1n) is 8.86. The van der Waals surface area contributed by atoms with Crippen LogP contribution in [0.1, 0.15) is 30.6 Å². The van der Waals surface area contributed by atoms with Crippen LogP contribution in [0.5, 0.6) is 0 Å². The predicted molar refractivity (Wildman–Crippen MR) is 95.0 cm³/mol. The molecule has 136 valence electrons. The zero-order valence-electron chi connectivity index (χ0n) is 14.8. The van der Waals surface area contributed by atoms with Gasteiger partial charge in [-0.1, -0.05) is 13.8 Å². The fourth-order valence-corrected chi connectivity index (χ4v) is 3.89. The minimum atomic E-state index is -0.443. The Hall–Kier alpha value is -2.15. The summed E-state index contributed by atoms with van der Waals surface area (Å²) in [5.74, 6) is 0.778. The van der Waals surface area contributed by atoms with E-state index in [1.807, 2.05) is 4.90 Å². The van der Waals surface area contributed by atoms with Crippen LogP contribution in [0.4, 0.5) is 11.4 Å². The molecule has 7 nitrogen and oxygen atoms in total. The number of carbonyl (C=O) groups excluding carboxylic acids is 1. The van der Waals surface area contributed by atoms with Gasteiger partial charge >= 0.3 is 0 Å². The number of piperidine rings is 1. The molecule has 2 atom stereocenters. The molecule has 3 rings (SSSR count). The number of hydrogen-bond donors (Lipinski definition) is 0. The first-order valence-corrected chi connectivity index (χ1v) is 8.86. The van der Waals surface area contributed by atoms with Crippen LogP contribution >= 0.6 is 0 Å². The van der Waals surface area contributed by atoms with Crippen LogP contribution in [-0.2, 0) is 4.74 Å². The van der Waals surface area contributed by atoms with Crippen LogP contribution in [0.3, 0.4) is 0 Å². The summed E-state index contributed by atoms with van der Waals surface area (Å²) in [4.78, 5) is 27.9. The Kier molecular flexibility index (Phi) is 5.22. The summed E-state index contributed by atoms with van der Waals surface area (Å²) < 4.78 is 5.38. The van der Waals surface area contributed by atoms with Gasteiger partial charge in [-0.05, 0) is 24.3 Å². The minimum absolute atomic E-state index is 0.0431. The van der Waals surface area contributed by atoms with E-state index < -0.39 is 4.92 Å². The van der Waals surface area contributed by atoms with Gasteiger partial charge in [0, 0.05) is 38.3 Å². The van der Waals surface area contributed by atoms with Crippen molar-refractivity contribution < 1.29 is 14.5 Å². The molecule has 0 N–H and O–H groups in total. The van der Waals surface area contributed by atoms with Crippen molar-refractivity contribution in [3.05, 3.63) is 33.9 Å². The molecular weight excluding hydrogens is 322 g/mol. The third-order valence-electron chi connectivity index (χ3n) is 4.93. The number of amides is 1. The fourth-order valence-electron chi connectivity index (χ4n) is 3.89. The zero-order valence-corrected chi connectivity index (χ0v) is 14.8. The van der Waals surface area contributed by atoms with Crippen molar-refractivity contribution in [2.24, 2.45) is 11.8 Å². The topological polar surface area (TPSA) is 75.9 Å². The van der Waals surface area contributed by atoms with E-state index in [-0.39, 0.29) is 11.6 Å². The molecule has 2 aliphatic heterocycles. The Morgan fingerprint density at radius 1 is 1.20 bits per heavy atom. The van der Waals surface area contributed by atoms with E-state index in [1.54, 1.807) is 6.07 Å². The maximum Gasteiger partial charge on any atom is 0.270 e. The summed E-state index contributed by atoms with van der Waals surface area (Å²) in [6, 6.07) is 4.60. The average Bonchev–Trinajstić information content (AvgIpc) is 2.60. The van der Waals surface area contributed by atoms with Gasteiger partial charge in [0.15, 0.2) is 0 Å². The molecule has 0 radical (unpaired) electrons. The molecule has 2 unspecified atom stereocenters. The molecule has 1 aromatic carbocycles. The maximum atomic E-state index is 13.2. The van der Waals surface area contributed by atoms with E-state index in [0.29, 0.717) is 56.8 Å². The summed E-state index contributed by atoms with van der Waals surface area (Å²) in [6.07, 6.45) is 1.11. The molecule has 1 aromatic rings. The molecule has 0 spiro atoms. The molecule has 0 aliphatic carbocycles. The average molecular weight is 347 g/mol. The van der Waals surface area contributed by atoms with E-state index >= 15 is 0 Å². The second kappa shape index (κ2) is 7.39. The monoisotopic (exact) mass is 347 g/mol. The van der Waals surface area contributed by atoms with E-state index in [1.165, 1.54) is 12.1 Å². The molecule has 25 heavy (non-hydrogen) atoms. The Morgan fingerprint density at radius 3 is 2.44 bits per heavy atom. The maximum absolute atomic E-state index is 13.2. The standard InChI is InChI=1S/C18H25N3O4/c1-13-9-14(2)12-20(11-13)18(22)16-10-15(21(23)24)3-4-17(16)19-5-7-25-8-6-19/h3-4,10,13-14H,5-9,11-12H2,1-2H3. The van der Waals surface area contributed by atoms with Gasteiger partial charge < -0.3 is 14.5 Å². The molecular formula is C18H25N3O4. The Morgan fingerprint density at radius 2 is 1.84 bits per heavy atom. The lowest BCUT2D eigenvalue weighted by Gasteiger charge is -2.36. The van der Waals surface area contributed by atoms with Gasteiger partial charge in [-0.2, -0.15) is 0 Å². The summed E-state index contributed by atoms with van der Waals surface area (Å²) in [5, 5.41) is 11.2. The molecule has 2 aliphatic rings. The number of hydrogen-bond acceptors (Lipinski definition) is 5. The largest absolute Gasteiger partial charge is 0.378 e. The quantitative estimate of drug-likeness (QED) is 0.620. The predicted octanol–water partition coefficient (Wildman–Crippen LogP) is 2.55. The number of likely N-dealkylation sites (tertiary alicyclic amines) is 1. The molecule has 2 saturated heterocycles. The van der Waals surface area contributed by atoms with Gasteiger partial charge in [0.2, 0.25) is 0 Å². The van der Waals surface area contributed by atoms with Gasteiger partial charge in [-0.25, -0.2) is 0 Å². The number of nitro benzene ring substituents is 1. The van der Waals surface area contributed by atoms with E-state index in [0.717, 1.165) is 12.1 Å². The lowest BCUT2D eigenvalue weighted by atomic mass is 9.91. The number of non-ortho nitro benzene ring substituents is 1. The number of nitrogens with zero attached hydrogens (tertiary/aromatic N) is 3. The number of morpholine rings is 1. The van der Waals surface area contributed by atoms with E-state index in [4.69, 9.17) is 4.74 Å².